The minimum atomic E-state index is -0.660. The van der Waals surface area contributed by atoms with Crippen LogP contribution >= 0.6 is 0 Å². The summed E-state index contributed by atoms with van der Waals surface area (Å²) < 4.78 is 10.7. The van der Waals surface area contributed by atoms with E-state index in [1.54, 1.807) is 0 Å². The quantitative estimate of drug-likeness (QED) is 0.175. The number of rotatable bonds is 7. The van der Waals surface area contributed by atoms with E-state index < -0.39 is 5.89 Å². The van der Waals surface area contributed by atoms with Gasteiger partial charge in [-0.25, -0.2) is 4.98 Å². The van der Waals surface area contributed by atoms with Crippen molar-refractivity contribution in [3.63, 3.8) is 0 Å². The first-order chi connectivity index (χ1) is 28.4. The predicted molar refractivity (Wildman–Crippen MR) is 249 cm³/mol. The lowest BCUT2D eigenvalue weighted by molar-refractivity contribution is 0.472. The molecule has 0 unspecified atom stereocenters. The second-order valence-electron chi connectivity index (χ2n) is 18.3. The van der Waals surface area contributed by atoms with Crippen molar-refractivity contribution in [3.8, 4) is 67.5 Å². The van der Waals surface area contributed by atoms with Gasteiger partial charge in [-0.3, -0.25) is 9.55 Å². The van der Waals surface area contributed by atoms with Crippen LogP contribution < -0.4 is 0 Å². The fourth-order valence-electron chi connectivity index (χ4n) is 8.19. The Morgan fingerprint density at radius 1 is 0.610 bits per heavy atom. The molecule has 0 aliphatic rings. The van der Waals surface area contributed by atoms with Gasteiger partial charge in [0.15, 0.2) is 0 Å². The topological polar surface area (TPSA) is 50.9 Å². The monoisotopic (exact) mass is 774 g/mol. The molecule has 6 aromatic carbocycles. The number of phenolic OH excluding ortho intramolecular Hbond substituents is 1. The van der Waals surface area contributed by atoms with Crippen LogP contribution in [0.1, 0.15) is 90.5 Å². The normalized spacial score (nSPS) is 12.5. The van der Waals surface area contributed by atoms with Crippen molar-refractivity contribution in [1.82, 2.24) is 14.5 Å². The van der Waals surface area contributed by atoms with Crippen molar-refractivity contribution >= 4 is 11.0 Å². The summed E-state index contributed by atoms with van der Waals surface area (Å²) >= 11 is 0. The number of pyridine rings is 1. The summed E-state index contributed by atoms with van der Waals surface area (Å²) in [6, 6.07) is 47.1. The molecule has 59 heavy (non-hydrogen) atoms. The van der Waals surface area contributed by atoms with Crippen LogP contribution in [0.4, 0.5) is 0 Å². The van der Waals surface area contributed by atoms with E-state index in [4.69, 9.17) is 11.3 Å². The van der Waals surface area contributed by atoms with Gasteiger partial charge in [0.2, 0.25) is 0 Å². The fraction of sp³-hybridized carbons (Fsp3) is 0.236. The van der Waals surface area contributed by atoms with Crippen LogP contribution in [0, 0.1) is 13.8 Å². The lowest BCUT2D eigenvalue weighted by atomic mass is 9.81. The van der Waals surface area contributed by atoms with Gasteiger partial charge in [-0.1, -0.05) is 140 Å². The molecular formula is C55H55N3O. The molecule has 0 radical (unpaired) electrons. The van der Waals surface area contributed by atoms with Crippen LogP contribution in [0.3, 0.4) is 0 Å². The van der Waals surface area contributed by atoms with Crippen LogP contribution in [0.25, 0.3) is 72.7 Å². The third kappa shape index (κ3) is 7.72. The van der Waals surface area contributed by atoms with E-state index in [2.05, 4.69) is 156 Å². The molecule has 0 saturated heterocycles. The molecule has 0 atom stereocenters. The number of hydrogen-bond acceptors (Lipinski definition) is 3. The zero-order valence-corrected chi connectivity index (χ0v) is 36.1. The number of aryl methyl sites for hydroxylation is 2. The van der Waals surface area contributed by atoms with Gasteiger partial charge in [0.1, 0.15) is 11.6 Å². The second-order valence-corrected chi connectivity index (χ2v) is 18.3. The van der Waals surface area contributed by atoms with E-state index >= 15 is 0 Å². The number of nitrogens with zero attached hydrogens (tertiary/aromatic N) is 3. The SMILES string of the molecule is [2H]C(C)(C)c1ccc(-c2ccnc(-c3cc(-c4cccc5c4nc(-c4cc(C)cc(C)c4O)n5-c4ccc(-c5ccccc5)c(C(C)(C)C)c4)cc(C(C)(C)C)c3)c2)cc1. The van der Waals surface area contributed by atoms with Crippen molar-refractivity contribution in [1.29, 1.82) is 0 Å². The largest absolute Gasteiger partial charge is 0.507 e. The average molecular weight is 775 g/mol. The van der Waals surface area contributed by atoms with E-state index in [1.165, 1.54) is 22.3 Å². The van der Waals surface area contributed by atoms with Gasteiger partial charge in [-0.15, -0.1) is 0 Å². The highest BCUT2D eigenvalue weighted by Gasteiger charge is 2.25. The minimum Gasteiger partial charge on any atom is -0.507 e. The number of aromatic hydroxyl groups is 1. The van der Waals surface area contributed by atoms with Crippen molar-refractivity contribution in [3.05, 3.63) is 167 Å². The van der Waals surface area contributed by atoms with E-state index in [0.29, 0.717) is 11.4 Å². The molecule has 4 heteroatoms. The van der Waals surface area contributed by atoms with E-state index in [1.807, 2.05) is 57.3 Å². The Labute approximate surface area is 351 Å². The maximum absolute atomic E-state index is 11.7. The molecule has 0 bridgehead atoms. The number of hydrogen-bond donors (Lipinski definition) is 1. The standard InChI is InChI=1S/C55H55N3O/c1-34(2)37-19-21-38(22-20-37)40-25-26-56-49(32-40)42-29-41(30-43(31-42)54(5,6)7)46-17-14-18-50-51(46)57-53(47-28-35(3)27-36(4)52(47)59)58(50)44-23-24-45(39-15-12-11-13-16-39)48(33-44)55(8,9)10/h11-34,59H,1-10H3/i34D. The van der Waals surface area contributed by atoms with Crippen molar-refractivity contribution in [2.45, 2.75) is 86.0 Å². The van der Waals surface area contributed by atoms with Gasteiger partial charge >= 0.3 is 0 Å². The summed E-state index contributed by atoms with van der Waals surface area (Å²) in [5.74, 6) is 0.263. The minimum absolute atomic E-state index is 0.144. The molecule has 0 aliphatic carbocycles. The molecular weight excluding hydrogens is 719 g/mol. The third-order valence-corrected chi connectivity index (χ3v) is 11.5. The molecule has 8 aromatic rings. The van der Waals surface area contributed by atoms with Crippen molar-refractivity contribution < 1.29 is 6.48 Å². The molecule has 0 spiro atoms. The van der Waals surface area contributed by atoms with Gasteiger partial charge in [-0.05, 0) is 135 Å². The zero-order chi connectivity index (χ0) is 42.7. The van der Waals surface area contributed by atoms with Crippen LogP contribution in [0.2, 0.25) is 0 Å². The second kappa shape index (κ2) is 15.2. The van der Waals surface area contributed by atoms with E-state index in [0.717, 1.165) is 66.9 Å². The summed E-state index contributed by atoms with van der Waals surface area (Å²) in [5, 5.41) is 11.7. The zero-order valence-electron chi connectivity index (χ0n) is 37.1. The number of fused-ring (bicyclic) bond motifs is 1. The van der Waals surface area contributed by atoms with Gasteiger partial charge in [0.25, 0.3) is 0 Å². The first-order valence-corrected chi connectivity index (χ1v) is 20.6. The Hall–Kier alpha value is -6.26. The molecule has 2 heterocycles. The van der Waals surface area contributed by atoms with Gasteiger partial charge in [-0.2, -0.15) is 0 Å². The molecule has 8 rings (SSSR count). The molecule has 0 amide bonds. The molecule has 0 aliphatic heterocycles. The van der Waals surface area contributed by atoms with Crippen LogP contribution in [0.15, 0.2) is 140 Å². The van der Waals surface area contributed by atoms with Crippen molar-refractivity contribution in [2.75, 3.05) is 0 Å². The molecule has 1 N–H and O–H groups in total. The highest BCUT2D eigenvalue weighted by molar-refractivity contribution is 5.97. The lowest BCUT2D eigenvalue weighted by Crippen LogP contribution is -2.14. The first kappa shape index (κ1) is 38.3. The third-order valence-electron chi connectivity index (χ3n) is 11.5. The molecule has 2 aromatic heterocycles. The summed E-state index contributed by atoms with van der Waals surface area (Å²) in [5.41, 5.74) is 17.0. The molecule has 4 nitrogen and oxygen atoms in total. The highest BCUT2D eigenvalue weighted by atomic mass is 16.3. The number of phenols is 1. The van der Waals surface area contributed by atoms with Crippen LogP contribution in [-0.2, 0) is 10.8 Å². The smallest absolute Gasteiger partial charge is 0.149 e. The van der Waals surface area contributed by atoms with Crippen LogP contribution in [-0.4, -0.2) is 19.6 Å². The van der Waals surface area contributed by atoms with E-state index in [-0.39, 0.29) is 16.6 Å². The Morgan fingerprint density at radius 3 is 2.03 bits per heavy atom. The Balaban J connectivity index is 1.35. The highest BCUT2D eigenvalue weighted by Crippen LogP contribution is 2.43. The Kier molecular flexibility index (Phi) is 9.83. The maximum Gasteiger partial charge on any atom is 0.149 e. The number of aromatic nitrogens is 3. The van der Waals surface area contributed by atoms with Gasteiger partial charge < -0.3 is 5.11 Å². The lowest BCUT2D eigenvalue weighted by Gasteiger charge is -2.25. The predicted octanol–water partition coefficient (Wildman–Crippen LogP) is 14.8. The van der Waals surface area contributed by atoms with Crippen LogP contribution in [0.5, 0.6) is 5.75 Å². The number of benzene rings is 6. The summed E-state index contributed by atoms with van der Waals surface area (Å²) in [4.78, 5) is 10.4. The maximum atomic E-state index is 11.7. The molecule has 0 saturated carbocycles. The Morgan fingerprint density at radius 2 is 1.34 bits per heavy atom. The molecule has 0 fully saturated rings. The summed E-state index contributed by atoms with van der Waals surface area (Å²) in [6.45, 7) is 21.4. The van der Waals surface area contributed by atoms with Gasteiger partial charge in [0.05, 0.1) is 22.3 Å². The average Bonchev–Trinajstić information content (AvgIpc) is 3.61. The molecule has 296 valence electrons. The number of imidazole rings is 1. The fourth-order valence-corrected chi connectivity index (χ4v) is 8.19. The summed E-state index contributed by atoms with van der Waals surface area (Å²) in [7, 11) is 0. The Bertz CT molecular complexity index is 2880. The van der Waals surface area contributed by atoms with Gasteiger partial charge in [0, 0.05) is 24.4 Å². The number of para-hydroxylation sites is 1. The van der Waals surface area contributed by atoms with Crippen molar-refractivity contribution in [2.24, 2.45) is 0 Å². The van der Waals surface area contributed by atoms with E-state index in [9.17, 15) is 5.11 Å². The first-order valence-electron chi connectivity index (χ1n) is 21.1. The summed E-state index contributed by atoms with van der Waals surface area (Å²) in [6.07, 6.45) is 1.89.